The van der Waals surface area contributed by atoms with E-state index in [0.29, 0.717) is 5.56 Å². The molecule has 1 fully saturated rings. The first kappa shape index (κ1) is 16.6. The van der Waals surface area contributed by atoms with E-state index in [0.717, 1.165) is 24.8 Å². The molecule has 1 amide bonds. The van der Waals surface area contributed by atoms with E-state index in [4.69, 9.17) is 0 Å². The molecule has 1 heterocycles. The van der Waals surface area contributed by atoms with Crippen molar-refractivity contribution in [3.8, 4) is 0 Å². The van der Waals surface area contributed by atoms with Gasteiger partial charge in [-0.15, -0.1) is 0 Å². The van der Waals surface area contributed by atoms with E-state index in [-0.39, 0.29) is 23.4 Å². The van der Waals surface area contributed by atoms with Gasteiger partial charge in [0.25, 0.3) is 5.91 Å². The van der Waals surface area contributed by atoms with Gasteiger partial charge in [-0.3, -0.25) is 9.78 Å². The molecule has 0 bridgehead atoms. The maximum atomic E-state index is 12.3. The Labute approximate surface area is 141 Å². The molecule has 1 aromatic heterocycles. The fourth-order valence-corrected chi connectivity index (χ4v) is 3.39. The Morgan fingerprint density at radius 2 is 1.75 bits per heavy atom. The van der Waals surface area contributed by atoms with Crippen LogP contribution in [-0.4, -0.2) is 25.4 Å². The Morgan fingerprint density at radius 1 is 1.08 bits per heavy atom. The molecule has 0 spiro atoms. The average Bonchev–Trinajstić information content (AvgIpc) is 2.57. The molecule has 2 aromatic rings. The van der Waals surface area contributed by atoms with Crippen molar-refractivity contribution < 1.29 is 13.2 Å². The van der Waals surface area contributed by atoms with Crippen LogP contribution < -0.4 is 10.0 Å². The van der Waals surface area contributed by atoms with Crippen LogP contribution in [0.1, 0.15) is 35.2 Å². The normalized spacial score (nSPS) is 14.8. The first-order valence-corrected chi connectivity index (χ1v) is 9.32. The Balaban J connectivity index is 1.64. The maximum Gasteiger partial charge on any atom is 0.251 e. The molecule has 24 heavy (non-hydrogen) atoms. The monoisotopic (exact) mass is 345 g/mol. The van der Waals surface area contributed by atoms with E-state index >= 15 is 0 Å². The van der Waals surface area contributed by atoms with Crippen LogP contribution in [0, 0.1) is 0 Å². The molecule has 7 heteroatoms. The maximum absolute atomic E-state index is 12.3. The summed E-state index contributed by atoms with van der Waals surface area (Å²) in [6.07, 6.45) is 6.39. The van der Waals surface area contributed by atoms with Crippen molar-refractivity contribution in [2.45, 2.75) is 36.7 Å². The van der Waals surface area contributed by atoms with Gasteiger partial charge in [-0.2, -0.15) is 0 Å². The van der Waals surface area contributed by atoms with Crippen LogP contribution in [0.5, 0.6) is 0 Å². The SMILES string of the molecule is O=C(NC1CCC1)c1ccc(S(=O)(=O)NCc2ccncc2)cc1. The van der Waals surface area contributed by atoms with Gasteiger partial charge in [-0.25, -0.2) is 13.1 Å². The van der Waals surface area contributed by atoms with Crippen LogP contribution in [0.2, 0.25) is 0 Å². The Morgan fingerprint density at radius 3 is 2.33 bits per heavy atom. The lowest BCUT2D eigenvalue weighted by atomic mass is 9.93. The molecule has 0 radical (unpaired) electrons. The summed E-state index contributed by atoms with van der Waals surface area (Å²) in [6.45, 7) is 0.189. The van der Waals surface area contributed by atoms with E-state index in [1.807, 2.05) is 0 Å². The number of hydrogen-bond donors (Lipinski definition) is 2. The van der Waals surface area contributed by atoms with Crippen molar-refractivity contribution >= 4 is 15.9 Å². The highest BCUT2D eigenvalue weighted by Gasteiger charge is 2.20. The first-order valence-electron chi connectivity index (χ1n) is 7.84. The fraction of sp³-hybridized carbons (Fsp3) is 0.294. The lowest BCUT2D eigenvalue weighted by Gasteiger charge is -2.26. The number of carbonyl (C=O) groups excluding carboxylic acids is 1. The van der Waals surface area contributed by atoms with Gasteiger partial charge >= 0.3 is 0 Å². The summed E-state index contributed by atoms with van der Waals surface area (Å²) in [7, 11) is -3.62. The van der Waals surface area contributed by atoms with Crippen molar-refractivity contribution in [2.24, 2.45) is 0 Å². The molecule has 126 valence electrons. The fourth-order valence-electron chi connectivity index (χ4n) is 2.37. The van der Waals surface area contributed by atoms with Crippen molar-refractivity contribution in [2.75, 3.05) is 0 Å². The number of benzene rings is 1. The molecule has 0 atom stereocenters. The summed E-state index contributed by atoms with van der Waals surface area (Å²) >= 11 is 0. The average molecular weight is 345 g/mol. The summed E-state index contributed by atoms with van der Waals surface area (Å²) in [5.41, 5.74) is 1.29. The first-order chi connectivity index (χ1) is 11.5. The predicted octanol–water partition coefficient (Wildman–Crippen LogP) is 1.84. The second kappa shape index (κ2) is 7.11. The predicted molar refractivity (Wildman–Crippen MR) is 89.8 cm³/mol. The van der Waals surface area contributed by atoms with Crippen molar-refractivity contribution in [1.82, 2.24) is 15.0 Å². The molecule has 1 aliphatic rings. The number of nitrogens with one attached hydrogen (secondary N) is 2. The topological polar surface area (TPSA) is 88.2 Å². The van der Waals surface area contributed by atoms with E-state index in [9.17, 15) is 13.2 Å². The zero-order valence-electron chi connectivity index (χ0n) is 13.1. The molecule has 0 saturated heterocycles. The smallest absolute Gasteiger partial charge is 0.251 e. The number of rotatable bonds is 6. The highest BCUT2D eigenvalue weighted by Crippen LogP contribution is 2.19. The summed E-state index contributed by atoms with van der Waals surface area (Å²) in [5, 5.41) is 2.93. The van der Waals surface area contributed by atoms with E-state index in [1.165, 1.54) is 24.3 Å². The number of pyridine rings is 1. The Hall–Kier alpha value is -2.25. The Kier molecular flexibility index (Phi) is 4.92. The highest BCUT2D eigenvalue weighted by atomic mass is 32.2. The molecule has 0 aliphatic heterocycles. The minimum absolute atomic E-state index is 0.136. The lowest BCUT2D eigenvalue weighted by molar-refractivity contribution is 0.0917. The summed E-state index contributed by atoms with van der Waals surface area (Å²) < 4.78 is 27.1. The third kappa shape index (κ3) is 3.98. The number of sulfonamides is 1. The van der Waals surface area contributed by atoms with E-state index in [1.54, 1.807) is 24.5 Å². The summed E-state index contributed by atoms with van der Waals surface area (Å²) in [6, 6.07) is 9.72. The molecule has 2 N–H and O–H groups in total. The molecule has 1 aliphatic carbocycles. The Bertz CT molecular complexity index is 801. The van der Waals surface area contributed by atoms with Gasteiger partial charge in [0.2, 0.25) is 10.0 Å². The van der Waals surface area contributed by atoms with Gasteiger partial charge in [0.05, 0.1) is 4.90 Å². The van der Waals surface area contributed by atoms with Crippen LogP contribution in [0.15, 0.2) is 53.7 Å². The quantitative estimate of drug-likeness (QED) is 0.836. The number of carbonyl (C=O) groups is 1. The molecular weight excluding hydrogens is 326 g/mol. The van der Waals surface area contributed by atoms with Gasteiger partial charge in [-0.05, 0) is 61.2 Å². The van der Waals surface area contributed by atoms with Crippen LogP contribution in [0.4, 0.5) is 0 Å². The van der Waals surface area contributed by atoms with Gasteiger partial charge < -0.3 is 5.32 Å². The summed E-state index contributed by atoms with van der Waals surface area (Å²) in [5.74, 6) is -0.159. The minimum Gasteiger partial charge on any atom is -0.349 e. The molecule has 6 nitrogen and oxygen atoms in total. The number of aromatic nitrogens is 1. The third-order valence-electron chi connectivity index (χ3n) is 4.08. The van der Waals surface area contributed by atoms with Crippen LogP contribution in [0.25, 0.3) is 0 Å². The zero-order chi connectivity index (χ0) is 17.0. The number of hydrogen-bond acceptors (Lipinski definition) is 4. The molecule has 1 aromatic carbocycles. The summed E-state index contributed by atoms with van der Waals surface area (Å²) in [4.78, 5) is 16.1. The largest absolute Gasteiger partial charge is 0.349 e. The van der Waals surface area contributed by atoms with Crippen LogP contribution >= 0.6 is 0 Å². The minimum atomic E-state index is -3.62. The third-order valence-corrected chi connectivity index (χ3v) is 5.50. The van der Waals surface area contributed by atoms with Crippen molar-refractivity contribution in [3.63, 3.8) is 0 Å². The zero-order valence-corrected chi connectivity index (χ0v) is 13.9. The molecular formula is C17H19N3O3S. The standard InChI is InChI=1S/C17H19N3O3S/c21-17(20-15-2-1-3-15)14-4-6-16(7-5-14)24(22,23)19-12-13-8-10-18-11-9-13/h4-11,15,19H,1-3,12H2,(H,20,21). The number of nitrogens with zero attached hydrogens (tertiary/aromatic N) is 1. The molecule has 3 rings (SSSR count). The molecule has 0 unspecified atom stereocenters. The van der Waals surface area contributed by atoms with E-state index in [2.05, 4.69) is 15.0 Å². The van der Waals surface area contributed by atoms with E-state index < -0.39 is 10.0 Å². The van der Waals surface area contributed by atoms with Gasteiger partial charge in [-0.1, -0.05) is 0 Å². The highest BCUT2D eigenvalue weighted by molar-refractivity contribution is 7.89. The lowest BCUT2D eigenvalue weighted by Crippen LogP contribution is -2.39. The van der Waals surface area contributed by atoms with Gasteiger partial charge in [0.1, 0.15) is 0 Å². The number of amides is 1. The van der Waals surface area contributed by atoms with Crippen molar-refractivity contribution in [3.05, 3.63) is 59.9 Å². The molecule has 1 saturated carbocycles. The van der Waals surface area contributed by atoms with Gasteiger partial charge in [0.15, 0.2) is 0 Å². The van der Waals surface area contributed by atoms with Crippen LogP contribution in [-0.2, 0) is 16.6 Å². The van der Waals surface area contributed by atoms with Crippen molar-refractivity contribution in [1.29, 1.82) is 0 Å². The second-order valence-electron chi connectivity index (χ2n) is 5.81. The second-order valence-corrected chi connectivity index (χ2v) is 7.57. The van der Waals surface area contributed by atoms with Crippen LogP contribution in [0.3, 0.4) is 0 Å². The van der Waals surface area contributed by atoms with Gasteiger partial charge in [0, 0.05) is 30.5 Å².